The van der Waals surface area contributed by atoms with Crippen molar-refractivity contribution < 1.29 is 19.0 Å². The van der Waals surface area contributed by atoms with Crippen molar-refractivity contribution in [3.63, 3.8) is 0 Å². The summed E-state index contributed by atoms with van der Waals surface area (Å²) in [5.41, 5.74) is 2.41. The monoisotopic (exact) mass is 478 g/mol. The van der Waals surface area contributed by atoms with Crippen LogP contribution in [0.15, 0.2) is 69.6 Å². The molecule has 34 heavy (non-hydrogen) atoms. The fourth-order valence-corrected chi connectivity index (χ4v) is 5.04. The van der Waals surface area contributed by atoms with E-state index in [1.807, 2.05) is 62.4 Å². The van der Waals surface area contributed by atoms with E-state index in [0.717, 1.165) is 11.1 Å². The minimum absolute atomic E-state index is 0.220. The van der Waals surface area contributed by atoms with Crippen LogP contribution in [0.25, 0.3) is 6.08 Å². The van der Waals surface area contributed by atoms with Gasteiger partial charge in [0, 0.05) is 0 Å². The fraction of sp³-hybridized carbons (Fsp3) is 0.269. The molecule has 0 fully saturated rings. The molecule has 0 amide bonds. The van der Waals surface area contributed by atoms with E-state index >= 15 is 0 Å². The van der Waals surface area contributed by atoms with Crippen LogP contribution in [0.4, 0.5) is 0 Å². The van der Waals surface area contributed by atoms with Crippen molar-refractivity contribution in [2.24, 2.45) is 4.99 Å². The Hall–Kier alpha value is -3.65. The topological polar surface area (TPSA) is 79.1 Å². The Morgan fingerprint density at radius 1 is 1.12 bits per heavy atom. The zero-order valence-electron chi connectivity index (χ0n) is 19.5. The molecule has 0 radical (unpaired) electrons. The highest BCUT2D eigenvalue weighted by molar-refractivity contribution is 7.07. The zero-order chi connectivity index (χ0) is 24.2. The average molecular weight is 479 g/mol. The summed E-state index contributed by atoms with van der Waals surface area (Å²) in [5.74, 6) is 0.745. The Balaban J connectivity index is 1.94. The van der Waals surface area contributed by atoms with Crippen molar-refractivity contribution in [1.82, 2.24) is 4.57 Å². The zero-order valence-corrected chi connectivity index (χ0v) is 20.3. The van der Waals surface area contributed by atoms with Crippen LogP contribution in [0.2, 0.25) is 0 Å². The number of esters is 1. The summed E-state index contributed by atoms with van der Waals surface area (Å²) >= 11 is 1.29. The number of allylic oxidation sites excluding steroid dienone is 1. The van der Waals surface area contributed by atoms with Crippen molar-refractivity contribution in [2.45, 2.75) is 26.3 Å². The molecule has 7 nitrogen and oxygen atoms in total. The van der Waals surface area contributed by atoms with Crippen LogP contribution >= 0.6 is 11.3 Å². The molecule has 1 atom stereocenters. The lowest BCUT2D eigenvalue weighted by molar-refractivity contribution is -0.136. The smallest absolute Gasteiger partial charge is 0.338 e. The Bertz CT molecular complexity index is 1420. The fourth-order valence-electron chi connectivity index (χ4n) is 4.02. The van der Waals surface area contributed by atoms with Gasteiger partial charge in [-0.2, -0.15) is 0 Å². The summed E-state index contributed by atoms with van der Waals surface area (Å²) in [6, 6.07) is 14.4. The molecule has 176 valence electrons. The summed E-state index contributed by atoms with van der Waals surface area (Å²) in [5, 5.41) is 0. The molecule has 0 saturated heterocycles. The lowest BCUT2D eigenvalue weighted by atomic mass is 9.95. The highest BCUT2D eigenvalue weighted by Gasteiger charge is 2.33. The van der Waals surface area contributed by atoms with Gasteiger partial charge >= 0.3 is 5.97 Å². The number of carbonyl (C=O) groups is 1. The van der Waals surface area contributed by atoms with Crippen LogP contribution in [-0.4, -0.2) is 31.4 Å². The highest BCUT2D eigenvalue weighted by atomic mass is 32.1. The van der Waals surface area contributed by atoms with E-state index in [0.29, 0.717) is 45.1 Å². The van der Waals surface area contributed by atoms with Crippen molar-refractivity contribution in [3.8, 4) is 11.5 Å². The molecule has 0 bridgehead atoms. The highest BCUT2D eigenvalue weighted by Crippen LogP contribution is 2.32. The van der Waals surface area contributed by atoms with Gasteiger partial charge in [0.1, 0.15) is 0 Å². The van der Waals surface area contributed by atoms with Crippen LogP contribution in [0, 0.1) is 0 Å². The molecule has 0 aliphatic carbocycles. The van der Waals surface area contributed by atoms with Gasteiger partial charge in [0.05, 0.1) is 42.7 Å². The molecule has 2 aromatic carbocycles. The predicted octanol–water partition coefficient (Wildman–Crippen LogP) is 3.21. The third kappa shape index (κ3) is 4.28. The molecular formula is C26H26N2O5S. The number of hydrogen-bond acceptors (Lipinski definition) is 7. The Labute approximate surface area is 201 Å². The molecule has 3 aromatic rings. The van der Waals surface area contributed by atoms with Crippen molar-refractivity contribution in [3.05, 3.63) is 90.6 Å². The predicted molar refractivity (Wildman–Crippen MR) is 131 cm³/mol. The number of rotatable bonds is 7. The summed E-state index contributed by atoms with van der Waals surface area (Å²) in [7, 11) is 2.93. The second kappa shape index (κ2) is 10.1. The second-order valence-corrected chi connectivity index (χ2v) is 8.55. The standard InChI is InChI=1S/C26H26N2O5S/c1-5-18-22(25(30)32-4)23(17-10-8-7-9-11-17)28-24(29)21(34-26(28)27-18)15-16-12-13-19(31-3)20(14-16)33-6-2/h7-15,23H,5-6H2,1-4H3/b21-15-/t23-/m1/s1. The summed E-state index contributed by atoms with van der Waals surface area (Å²) in [6.07, 6.45) is 2.34. The van der Waals surface area contributed by atoms with Gasteiger partial charge in [-0.25, -0.2) is 9.79 Å². The number of methoxy groups -OCH3 is 2. The lowest BCUT2D eigenvalue weighted by Gasteiger charge is -2.25. The van der Waals surface area contributed by atoms with Crippen molar-refractivity contribution in [2.75, 3.05) is 20.8 Å². The average Bonchev–Trinajstić information content (AvgIpc) is 3.17. The maximum atomic E-state index is 13.6. The van der Waals surface area contributed by atoms with Gasteiger partial charge in [0.15, 0.2) is 16.3 Å². The van der Waals surface area contributed by atoms with Gasteiger partial charge in [-0.05, 0) is 42.7 Å². The maximum Gasteiger partial charge on any atom is 0.338 e. The van der Waals surface area contributed by atoms with E-state index in [1.54, 1.807) is 17.8 Å². The summed E-state index contributed by atoms with van der Waals surface area (Å²) in [4.78, 5) is 31.7. The lowest BCUT2D eigenvalue weighted by Crippen LogP contribution is -2.40. The molecular weight excluding hydrogens is 452 g/mol. The number of aromatic nitrogens is 1. The van der Waals surface area contributed by atoms with Crippen LogP contribution in [0.1, 0.15) is 37.4 Å². The SMILES string of the molecule is CCOc1cc(/C=c2\sc3n(c2=O)[C@H](c2ccccc2)C(C(=O)OC)=C(CC)N=3)ccc1OC. The normalized spacial score (nSPS) is 15.5. The van der Waals surface area contributed by atoms with Crippen molar-refractivity contribution >= 4 is 23.4 Å². The largest absolute Gasteiger partial charge is 0.493 e. The molecule has 1 aliphatic heterocycles. The van der Waals surface area contributed by atoms with E-state index in [4.69, 9.17) is 14.2 Å². The van der Waals surface area contributed by atoms with Crippen molar-refractivity contribution in [1.29, 1.82) is 0 Å². The number of carbonyl (C=O) groups excluding carboxylic acids is 1. The Kier molecular flexibility index (Phi) is 6.98. The first-order chi connectivity index (χ1) is 16.5. The summed E-state index contributed by atoms with van der Waals surface area (Å²) in [6.45, 7) is 4.33. The number of nitrogens with zero attached hydrogens (tertiary/aromatic N) is 2. The van der Waals surface area contributed by atoms with E-state index < -0.39 is 12.0 Å². The molecule has 1 aromatic heterocycles. The third-order valence-corrected chi connectivity index (χ3v) is 6.53. The first-order valence-corrected chi connectivity index (χ1v) is 11.8. The molecule has 0 spiro atoms. The molecule has 0 N–H and O–H groups in total. The minimum atomic E-state index is -0.614. The first-order valence-electron chi connectivity index (χ1n) is 11.0. The number of benzene rings is 2. The Morgan fingerprint density at radius 3 is 2.53 bits per heavy atom. The second-order valence-electron chi connectivity index (χ2n) is 7.54. The van der Waals surface area contributed by atoms with Gasteiger partial charge in [0.2, 0.25) is 0 Å². The van der Waals surface area contributed by atoms with Gasteiger partial charge in [-0.1, -0.05) is 54.7 Å². The Morgan fingerprint density at radius 2 is 1.88 bits per heavy atom. The van der Waals surface area contributed by atoms with E-state index in [2.05, 4.69) is 4.99 Å². The molecule has 1 aliphatic rings. The van der Waals surface area contributed by atoms with Gasteiger partial charge in [-0.3, -0.25) is 9.36 Å². The van der Waals surface area contributed by atoms with Crippen LogP contribution in [0.5, 0.6) is 11.5 Å². The maximum absolute atomic E-state index is 13.6. The van der Waals surface area contributed by atoms with E-state index in [1.165, 1.54) is 18.4 Å². The van der Waals surface area contributed by atoms with Gasteiger partial charge in [-0.15, -0.1) is 0 Å². The molecule has 2 heterocycles. The molecule has 8 heteroatoms. The quantitative estimate of drug-likeness (QED) is 0.488. The molecule has 0 unspecified atom stereocenters. The number of hydrogen-bond donors (Lipinski definition) is 0. The van der Waals surface area contributed by atoms with Crippen LogP contribution in [-0.2, 0) is 9.53 Å². The number of fused-ring (bicyclic) bond motifs is 1. The van der Waals surface area contributed by atoms with Gasteiger partial charge in [0.25, 0.3) is 5.56 Å². The number of thiazole rings is 1. The third-order valence-electron chi connectivity index (χ3n) is 5.55. The van der Waals surface area contributed by atoms with Gasteiger partial charge < -0.3 is 14.2 Å². The van der Waals surface area contributed by atoms with Crippen LogP contribution < -0.4 is 24.4 Å². The van der Waals surface area contributed by atoms with Crippen LogP contribution in [0.3, 0.4) is 0 Å². The summed E-state index contributed by atoms with van der Waals surface area (Å²) < 4.78 is 18.2. The number of ether oxygens (including phenoxy) is 3. The molecule has 4 rings (SSSR count). The van der Waals surface area contributed by atoms with E-state index in [-0.39, 0.29) is 5.56 Å². The molecule has 0 saturated carbocycles. The minimum Gasteiger partial charge on any atom is -0.493 e. The van der Waals surface area contributed by atoms with E-state index in [9.17, 15) is 9.59 Å². The first kappa shape index (κ1) is 23.5.